The van der Waals surface area contributed by atoms with Gasteiger partial charge < -0.3 is 9.88 Å². The molecule has 1 aromatic heterocycles. The van der Waals surface area contributed by atoms with Gasteiger partial charge in [-0.05, 0) is 81.5 Å². The maximum atomic E-state index is 12.4. The third kappa shape index (κ3) is 4.39. The van der Waals surface area contributed by atoms with Crippen molar-refractivity contribution in [3.8, 4) is 0 Å². The zero-order chi connectivity index (χ0) is 19.5. The summed E-state index contributed by atoms with van der Waals surface area (Å²) < 4.78 is 2.41. The first-order chi connectivity index (χ1) is 13.6. The predicted octanol–water partition coefficient (Wildman–Crippen LogP) is 4.37. The Kier molecular flexibility index (Phi) is 5.67. The van der Waals surface area contributed by atoms with Crippen LogP contribution in [0.15, 0.2) is 36.4 Å². The minimum Gasteiger partial charge on any atom is -0.348 e. The highest BCUT2D eigenvalue weighted by Gasteiger charge is 2.26. The van der Waals surface area contributed by atoms with Crippen LogP contribution >= 0.6 is 0 Å². The molecule has 1 saturated carbocycles. The minimum absolute atomic E-state index is 0.0350. The lowest BCUT2D eigenvalue weighted by atomic mass is 10.1. The van der Waals surface area contributed by atoms with E-state index in [0.717, 1.165) is 12.1 Å². The SMILES string of the molecule is Cc1cc(/C=C/C(=O)NCc2ccccc2CN2CCCC2)c(C)n1C1CC1. The highest BCUT2D eigenvalue weighted by molar-refractivity contribution is 5.91. The summed E-state index contributed by atoms with van der Waals surface area (Å²) in [7, 11) is 0. The fourth-order valence-corrected chi connectivity index (χ4v) is 4.34. The zero-order valence-corrected chi connectivity index (χ0v) is 17.1. The summed E-state index contributed by atoms with van der Waals surface area (Å²) in [4.78, 5) is 14.9. The van der Waals surface area contributed by atoms with E-state index >= 15 is 0 Å². The summed E-state index contributed by atoms with van der Waals surface area (Å²) in [6.45, 7) is 8.23. The molecule has 1 aromatic carbocycles. The summed E-state index contributed by atoms with van der Waals surface area (Å²) in [6.07, 6.45) is 8.76. The third-order valence-corrected chi connectivity index (χ3v) is 6.01. The molecule has 1 N–H and O–H groups in total. The smallest absolute Gasteiger partial charge is 0.244 e. The molecule has 148 valence electrons. The second-order valence-electron chi connectivity index (χ2n) is 8.23. The topological polar surface area (TPSA) is 37.3 Å². The van der Waals surface area contributed by atoms with Gasteiger partial charge in [0.05, 0.1) is 0 Å². The summed E-state index contributed by atoms with van der Waals surface area (Å²) in [6, 6.07) is 11.3. The Balaban J connectivity index is 1.36. The zero-order valence-electron chi connectivity index (χ0n) is 17.1. The van der Waals surface area contributed by atoms with E-state index in [4.69, 9.17) is 0 Å². The van der Waals surface area contributed by atoms with Crippen molar-refractivity contribution in [1.82, 2.24) is 14.8 Å². The Hall–Kier alpha value is -2.33. The van der Waals surface area contributed by atoms with Crippen molar-refractivity contribution in [2.24, 2.45) is 0 Å². The Morgan fingerprint density at radius 1 is 1.14 bits per heavy atom. The van der Waals surface area contributed by atoms with Crippen molar-refractivity contribution in [3.63, 3.8) is 0 Å². The van der Waals surface area contributed by atoms with Gasteiger partial charge in [-0.2, -0.15) is 0 Å². The fourth-order valence-electron chi connectivity index (χ4n) is 4.34. The van der Waals surface area contributed by atoms with Crippen molar-refractivity contribution < 1.29 is 4.79 Å². The van der Waals surface area contributed by atoms with Gasteiger partial charge in [0.2, 0.25) is 5.91 Å². The van der Waals surface area contributed by atoms with E-state index in [-0.39, 0.29) is 5.91 Å². The number of aryl methyl sites for hydroxylation is 1. The Morgan fingerprint density at radius 2 is 1.86 bits per heavy atom. The molecular weight excluding hydrogens is 346 g/mol. The molecule has 1 aliphatic carbocycles. The number of hydrogen-bond donors (Lipinski definition) is 1. The molecule has 0 unspecified atom stereocenters. The molecular formula is C24H31N3O. The van der Waals surface area contributed by atoms with Crippen molar-refractivity contribution in [2.45, 2.75) is 58.7 Å². The van der Waals surface area contributed by atoms with Gasteiger partial charge in [0.15, 0.2) is 0 Å². The largest absolute Gasteiger partial charge is 0.348 e. The van der Waals surface area contributed by atoms with E-state index in [1.165, 1.54) is 61.3 Å². The van der Waals surface area contributed by atoms with Crippen LogP contribution in [0.5, 0.6) is 0 Å². The average Bonchev–Trinajstić information content (AvgIpc) is 3.30. The number of nitrogens with zero attached hydrogens (tertiary/aromatic N) is 2. The van der Waals surface area contributed by atoms with Crippen LogP contribution in [0.3, 0.4) is 0 Å². The number of nitrogens with one attached hydrogen (secondary N) is 1. The second kappa shape index (κ2) is 8.36. The molecule has 2 heterocycles. The van der Waals surface area contributed by atoms with Gasteiger partial charge in [0.1, 0.15) is 0 Å². The number of rotatable bonds is 7. The summed E-state index contributed by atoms with van der Waals surface area (Å²) >= 11 is 0. The van der Waals surface area contributed by atoms with E-state index in [9.17, 15) is 4.79 Å². The van der Waals surface area contributed by atoms with Crippen molar-refractivity contribution in [1.29, 1.82) is 0 Å². The molecule has 4 rings (SSSR count). The third-order valence-electron chi connectivity index (χ3n) is 6.01. The molecule has 28 heavy (non-hydrogen) atoms. The molecule has 2 aromatic rings. The number of aromatic nitrogens is 1. The van der Waals surface area contributed by atoms with Crippen LogP contribution in [0.25, 0.3) is 6.08 Å². The Labute approximate surface area is 168 Å². The van der Waals surface area contributed by atoms with Crippen LogP contribution in [0.1, 0.15) is 59.8 Å². The number of amides is 1. The van der Waals surface area contributed by atoms with Gasteiger partial charge in [-0.15, -0.1) is 0 Å². The van der Waals surface area contributed by atoms with Gasteiger partial charge in [-0.25, -0.2) is 0 Å². The molecule has 1 saturated heterocycles. The van der Waals surface area contributed by atoms with Crippen LogP contribution < -0.4 is 5.32 Å². The van der Waals surface area contributed by atoms with Gasteiger partial charge in [-0.1, -0.05) is 24.3 Å². The van der Waals surface area contributed by atoms with E-state index in [0.29, 0.717) is 12.6 Å². The lowest BCUT2D eigenvalue weighted by molar-refractivity contribution is -0.116. The fraction of sp³-hybridized carbons (Fsp3) is 0.458. The molecule has 1 amide bonds. The molecule has 0 atom stereocenters. The summed E-state index contributed by atoms with van der Waals surface area (Å²) in [5.74, 6) is -0.0350. The molecule has 1 aliphatic heterocycles. The maximum absolute atomic E-state index is 12.4. The molecule has 2 aliphatic rings. The molecule has 0 bridgehead atoms. The number of benzene rings is 1. The lowest BCUT2D eigenvalue weighted by Gasteiger charge is -2.17. The standard InChI is InChI=1S/C24H31N3O/c1-18-15-20(19(2)27(18)23-10-11-23)9-12-24(28)25-16-21-7-3-4-8-22(21)17-26-13-5-6-14-26/h3-4,7-9,12,15,23H,5-6,10-11,13-14,16-17H2,1-2H3,(H,25,28)/b12-9+. The van der Waals surface area contributed by atoms with Gasteiger partial charge in [0.25, 0.3) is 0 Å². The molecule has 0 radical (unpaired) electrons. The number of carbonyl (C=O) groups is 1. The first-order valence-corrected chi connectivity index (χ1v) is 10.6. The van der Waals surface area contributed by atoms with Crippen LogP contribution in [0, 0.1) is 13.8 Å². The Bertz CT molecular complexity index is 870. The van der Waals surface area contributed by atoms with Gasteiger partial charge in [-0.3, -0.25) is 9.69 Å². The van der Waals surface area contributed by atoms with Crippen LogP contribution in [-0.4, -0.2) is 28.5 Å². The average molecular weight is 378 g/mol. The van der Waals surface area contributed by atoms with E-state index in [2.05, 4.69) is 59.0 Å². The molecule has 0 spiro atoms. The van der Waals surface area contributed by atoms with Crippen LogP contribution in [-0.2, 0) is 17.9 Å². The monoisotopic (exact) mass is 377 g/mol. The quantitative estimate of drug-likeness (QED) is 0.728. The number of hydrogen-bond acceptors (Lipinski definition) is 2. The Morgan fingerprint density at radius 3 is 2.57 bits per heavy atom. The summed E-state index contributed by atoms with van der Waals surface area (Å²) in [5, 5.41) is 3.06. The first kappa shape index (κ1) is 19.0. The minimum atomic E-state index is -0.0350. The van der Waals surface area contributed by atoms with Gasteiger partial charge in [0, 0.05) is 36.6 Å². The molecule has 4 nitrogen and oxygen atoms in total. The first-order valence-electron chi connectivity index (χ1n) is 10.6. The summed E-state index contributed by atoms with van der Waals surface area (Å²) in [5.41, 5.74) is 6.23. The maximum Gasteiger partial charge on any atom is 0.244 e. The van der Waals surface area contributed by atoms with Crippen LogP contribution in [0.2, 0.25) is 0 Å². The van der Waals surface area contributed by atoms with Crippen LogP contribution in [0.4, 0.5) is 0 Å². The predicted molar refractivity (Wildman–Crippen MR) is 114 cm³/mol. The van der Waals surface area contributed by atoms with Crippen molar-refractivity contribution in [3.05, 3.63) is 64.5 Å². The number of carbonyl (C=O) groups excluding carboxylic acids is 1. The van der Waals surface area contributed by atoms with Crippen molar-refractivity contribution >= 4 is 12.0 Å². The highest BCUT2D eigenvalue weighted by Crippen LogP contribution is 2.38. The number of likely N-dealkylation sites (tertiary alicyclic amines) is 1. The molecule has 2 fully saturated rings. The normalized spacial score (nSPS) is 17.5. The van der Waals surface area contributed by atoms with Crippen molar-refractivity contribution in [2.75, 3.05) is 13.1 Å². The molecule has 4 heteroatoms. The highest BCUT2D eigenvalue weighted by atomic mass is 16.1. The lowest BCUT2D eigenvalue weighted by Crippen LogP contribution is -2.23. The second-order valence-corrected chi connectivity index (χ2v) is 8.23. The van der Waals surface area contributed by atoms with E-state index < -0.39 is 0 Å². The van der Waals surface area contributed by atoms with E-state index in [1.54, 1.807) is 6.08 Å². The van der Waals surface area contributed by atoms with E-state index in [1.807, 2.05) is 6.08 Å². The van der Waals surface area contributed by atoms with Gasteiger partial charge >= 0.3 is 0 Å².